The van der Waals surface area contributed by atoms with E-state index in [0.717, 1.165) is 64.2 Å². The fraction of sp³-hybridized carbons (Fsp3) is 0.880. The first kappa shape index (κ1) is 56.2. The molecule has 0 aromatic carbocycles. The number of rotatable bonds is 42. The van der Waals surface area contributed by atoms with E-state index >= 15 is 0 Å². The summed E-state index contributed by atoms with van der Waals surface area (Å²) in [5.74, 6) is -0.812. The quantitative estimate of drug-likeness (QED) is 0.0265. The van der Waals surface area contributed by atoms with Gasteiger partial charge in [-0.2, -0.15) is 0 Å². The molecule has 1 rings (SSSR count). The lowest BCUT2D eigenvalue weighted by molar-refractivity contribution is -0.305. The van der Waals surface area contributed by atoms with Crippen LogP contribution in [-0.2, 0) is 28.5 Å². The minimum absolute atomic E-state index is 0.216. The van der Waals surface area contributed by atoms with Crippen LogP contribution in [0.1, 0.15) is 226 Å². The van der Waals surface area contributed by atoms with Gasteiger partial charge in [-0.3, -0.25) is 9.59 Å². The summed E-state index contributed by atoms with van der Waals surface area (Å²) in [4.78, 5) is 25.4. The van der Waals surface area contributed by atoms with E-state index in [0.29, 0.717) is 6.42 Å². The topological polar surface area (TPSA) is 152 Å². The molecule has 1 aliphatic rings. The second kappa shape index (κ2) is 41.2. The predicted octanol–water partition coefficient (Wildman–Crippen LogP) is 11.3. The van der Waals surface area contributed by atoms with Crippen LogP contribution in [0.25, 0.3) is 0 Å². The Balaban J connectivity index is 2.25. The highest BCUT2D eigenvalue weighted by molar-refractivity contribution is 5.70. The molecule has 6 atom stereocenters. The van der Waals surface area contributed by atoms with Crippen molar-refractivity contribution in [3.63, 3.8) is 0 Å². The summed E-state index contributed by atoms with van der Waals surface area (Å²) in [6, 6.07) is 0. The van der Waals surface area contributed by atoms with Crippen molar-refractivity contribution in [2.45, 2.75) is 263 Å². The predicted molar refractivity (Wildman–Crippen MR) is 243 cm³/mol. The smallest absolute Gasteiger partial charge is 0.306 e. The Hall–Kier alpha value is -1.82. The third-order valence-electron chi connectivity index (χ3n) is 11.6. The van der Waals surface area contributed by atoms with Crippen LogP contribution < -0.4 is 0 Å². The molecule has 0 spiro atoms. The monoisotopic (exact) mass is 853 g/mol. The van der Waals surface area contributed by atoms with Gasteiger partial charge in [0.15, 0.2) is 12.4 Å². The molecular weight excluding hydrogens is 761 g/mol. The number of allylic oxidation sites excluding steroid dienone is 4. The maximum absolute atomic E-state index is 12.8. The maximum atomic E-state index is 12.8. The Morgan fingerprint density at radius 3 is 1.43 bits per heavy atom. The Kier molecular flexibility index (Phi) is 38.6. The number of hydrogen-bond acceptors (Lipinski definition) is 10. The third kappa shape index (κ3) is 31.9. The average molecular weight is 853 g/mol. The second-order valence-corrected chi connectivity index (χ2v) is 17.3. The summed E-state index contributed by atoms with van der Waals surface area (Å²) in [5.41, 5.74) is 0. The molecule has 0 aromatic rings. The van der Waals surface area contributed by atoms with Gasteiger partial charge in [0.1, 0.15) is 31.0 Å². The summed E-state index contributed by atoms with van der Waals surface area (Å²) < 4.78 is 22.2. The van der Waals surface area contributed by atoms with Crippen molar-refractivity contribution in [3.05, 3.63) is 24.3 Å². The van der Waals surface area contributed by atoms with E-state index in [-0.39, 0.29) is 32.0 Å². The number of ether oxygens (including phenoxy) is 4. The van der Waals surface area contributed by atoms with Crippen molar-refractivity contribution in [2.75, 3.05) is 19.8 Å². The lowest BCUT2D eigenvalue weighted by atomic mass is 9.99. The SMILES string of the molecule is CCCC/C=C\C/C=C\CCCCCCCC(=O)OC(COC(=O)CCCCCCCCCCCCCCCCCCCCCCC)COC1OC(CO)C(O)C(O)C1O. The zero-order valence-electron chi connectivity index (χ0n) is 38.5. The first-order valence-corrected chi connectivity index (χ1v) is 24.9. The van der Waals surface area contributed by atoms with Crippen LogP contribution in [0.3, 0.4) is 0 Å². The van der Waals surface area contributed by atoms with Crippen LogP contribution in [0.5, 0.6) is 0 Å². The van der Waals surface area contributed by atoms with E-state index in [2.05, 4.69) is 38.2 Å². The van der Waals surface area contributed by atoms with Crippen molar-refractivity contribution in [2.24, 2.45) is 0 Å². The minimum Gasteiger partial charge on any atom is -0.462 e. The molecule has 60 heavy (non-hydrogen) atoms. The standard InChI is InChI=1S/C50H92O10/c1-3-5-7-9-11-13-15-17-19-20-21-22-23-24-25-27-28-30-32-34-36-38-45(52)57-41-43(42-58-50-49(56)48(55)47(54)44(40-51)60-50)59-46(53)39-37-35-33-31-29-26-18-16-14-12-10-8-6-4-2/h10,12,16,18,43-44,47-51,54-56H,3-9,11,13-15,17,19-42H2,1-2H3/b12-10-,18-16-. The Morgan fingerprint density at radius 2 is 0.950 bits per heavy atom. The molecular formula is C50H92O10. The number of esters is 2. The molecule has 0 bridgehead atoms. The molecule has 1 heterocycles. The van der Waals surface area contributed by atoms with Crippen molar-refractivity contribution in [3.8, 4) is 0 Å². The van der Waals surface area contributed by atoms with Gasteiger partial charge in [-0.1, -0.05) is 199 Å². The molecule has 1 aliphatic heterocycles. The molecule has 0 aromatic heterocycles. The van der Waals surface area contributed by atoms with Crippen LogP contribution in [0.4, 0.5) is 0 Å². The van der Waals surface area contributed by atoms with Crippen LogP contribution >= 0.6 is 0 Å². The fourth-order valence-corrected chi connectivity index (χ4v) is 7.62. The van der Waals surface area contributed by atoms with E-state index < -0.39 is 49.4 Å². The number of hydrogen-bond donors (Lipinski definition) is 4. The third-order valence-corrected chi connectivity index (χ3v) is 11.6. The normalized spacial score (nSPS) is 20.0. The van der Waals surface area contributed by atoms with Crippen LogP contribution in [0.2, 0.25) is 0 Å². The van der Waals surface area contributed by atoms with Gasteiger partial charge in [-0.15, -0.1) is 0 Å². The Morgan fingerprint density at radius 1 is 0.517 bits per heavy atom. The van der Waals surface area contributed by atoms with Gasteiger partial charge in [-0.25, -0.2) is 0 Å². The zero-order valence-corrected chi connectivity index (χ0v) is 38.5. The van der Waals surface area contributed by atoms with E-state index in [1.807, 2.05) is 0 Å². The van der Waals surface area contributed by atoms with Crippen LogP contribution in [-0.4, -0.2) is 89.0 Å². The van der Waals surface area contributed by atoms with Gasteiger partial charge >= 0.3 is 11.9 Å². The van der Waals surface area contributed by atoms with Crippen LogP contribution in [0, 0.1) is 0 Å². The van der Waals surface area contributed by atoms with Gasteiger partial charge in [-0.05, 0) is 38.5 Å². The van der Waals surface area contributed by atoms with Gasteiger partial charge in [0.2, 0.25) is 0 Å². The van der Waals surface area contributed by atoms with Crippen molar-refractivity contribution < 1.29 is 49.0 Å². The molecule has 0 saturated carbocycles. The molecule has 1 saturated heterocycles. The number of carbonyl (C=O) groups excluding carboxylic acids is 2. The maximum Gasteiger partial charge on any atom is 0.306 e. The highest BCUT2D eigenvalue weighted by atomic mass is 16.7. The molecule has 0 radical (unpaired) electrons. The summed E-state index contributed by atoms with van der Waals surface area (Å²) in [5, 5.41) is 40.1. The molecule has 352 valence electrons. The Bertz CT molecular complexity index is 1030. The molecule has 0 aliphatic carbocycles. The van der Waals surface area contributed by atoms with Crippen molar-refractivity contribution >= 4 is 11.9 Å². The zero-order chi connectivity index (χ0) is 43.7. The highest BCUT2D eigenvalue weighted by Gasteiger charge is 2.44. The molecule has 6 unspecified atom stereocenters. The number of unbranched alkanes of at least 4 members (excludes halogenated alkanes) is 27. The largest absolute Gasteiger partial charge is 0.462 e. The fourth-order valence-electron chi connectivity index (χ4n) is 7.62. The summed E-state index contributed by atoms with van der Waals surface area (Å²) in [7, 11) is 0. The van der Waals surface area contributed by atoms with E-state index in [9.17, 15) is 30.0 Å². The number of aliphatic hydroxyl groups excluding tert-OH is 4. The molecule has 10 heteroatoms. The molecule has 4 N–H and O–H groups in total. The van der Waals surface area contributed by atoms with Crippen molar-refractivity contribution in [1.82, 2.24) is 0 Å². The summed E-state index contributed by atoms with van der Waals surface area (Å²) in [6.07, 6.45) is 39.0. The summed E-state index contributed by atoms with van der Waals surface area (Å²) >= 11 is 0. The molecule has 0 amide bonds. The highest BCUT2D eigenvalue weighted by Crippen LogP contribution is 2.23. The first-order chi connectivity index (χ1) is 29.3. The second-order valence-electron chi connectivity index (χ2n) is 17.3. The van der Waals surface area contributed by atoms with E-state index in [4.69, 9.17) is 18.9 Å². The van der Waals surface area contributed by atoms with Gasteiger partial charge in [0.25, 0.3) is 0 Å². The van der Waals surface area contributed by atoms with Gasteiger partial charge in [0, 0.05) is 12.8 Å². The Labute approximate surface area is 366 Å². The number of carbonyl (C=O) groups is 2. The lowest BCUT2D eigenvalue weighted by Gasteiger charge is -2.39. The number of aliphatic hydroxyl groups is 4. The first-order valence-electron chi connectivity index (χ1n) is 24.9. The lowest BCUT2D eigenvalue weighted by Crippen LogP contribution is -2.59. The summed E-state index contributed by atoms with van der Waals surface area (Å²) in [6.45, 7) is 3.40. The minimum atomic E-state index is -1.60. The van der Waals surface area contributed by atoms with Gasteiger partial charge in [0.05, 0.1) is 13.2 Å². The van der Waals surface area contributed by atoms with E-state index in [1.165, 1.54) is 128 Å². The van der Waals surface area contributed by atoms with Gasteiger partial charge < -0.3 is 39.4 Å². The molecule has 1 fully saturated rings. The average Bonchev–Trinajstić information content (AvgIpc) is 3.25. The molecule has 10 nitrogen and oxygen atoms in total. The van der Waals surface area contributed by atoms with E-state index in [1.54, 1.807) is 0 Å². The van der Waals surface area contributed by atoms with Crippen molar-refractivity contribution in [1.29, 1.82) is 0 Å². The van der Waals surface area contributed by atoms with Crippen LogP contribution in [0.15, 0.2) is 24.3 Å².